The van der Waals surface area contributed by atoms with Crippen LogP contribution in [-0.4, -0.2) is 20.5 Å². The second-order valence-corrected chi connectivity index (χ2v) is 5.63. The first-order chi connectivity index (χ1) is 11.2. The molecule has 0 saturated heterocycles. The largest absolute Gasteiger partial charge is 0.356 e. The minimum Gasteiger partial charge on any atom is -0.356 e. The van der Waals surface area contributed by atoms with Crippen molar-refractivity contribution in [3.05, 3.63) is 60.3 Å². The maximum atomic E-state index is 12.2. The summed E-state index contributed by atoms with van der Waals surface area (Å²) in [6, 6.07) is 9.68. The van der Waals surface area contributed by atoms with Crippen LogP contribution in [0.1, 0.15) is 35.3 Å². The van der Waals surface area contributed by atoms with Gasteiger partial charge in [-0.3, -0.25) is 4.79 Å². The Hall–Kier alpha value is -2.69. The van der Waals surface area contributed by atoms with E-state index in [1.807, 2.05) is 42.0 Å². The molecule has 0 atom stereocenters. The van der Waals surface area contributed by atoms with Gasteiger partial charge in [-0.25, -0.2) is 4.98 Å². The van der Waals surface area contributed by atoms with E-state index in [1.165, 1.54) is 0 Å². The number of ketones is 1. The molecule has 0 aliphatic heterocycles. The smallest absolute Gasteiger partial charge is 0.184 e. The normalized spacial score (nSPS) is 10.8. The molecule has 118 valence electrons. The van der Waals surface area contributed by atoms with Gasteiger partial charge in [0, 0.05) is 37.0 Å². The SMILES string of the molecule is Cc1cccc(-c2cc(C(=O)CCCCn3ccnc3)no2)c1. The van der Waals surface area contributed by atoms with Gasteiger partial charge < -0.3 is 9.09 Å². The van der Waals surface area contributed by atoms with E-state index < -0.39 is 0 Å². The van der Waals surface area contributed by atoms with E-state index in [-0.39, 0.29) is 5.78 Å². The van der Waals surface area contributed by atoms with Crippen molar-refractivity contribution < 1.29 is 9.32 Å². The van der Waals surface area contributed by atoms with Crippen molar-refractivity contribution in [3.63, 3.8) is 0 Å². The van der Waals surface area contributed by atoms with Crippen molar-refractivity contribution in [2.75, 3.05) is 0 Å². The summed E-state index contributed by atoms with van der Waals surface area (Å²) < 4.78 is 7.32. The van der Waals surface area contributed by atoms with Crippen LogP contribution in [0.2, 0.25) is 0 Å². The molecule has 0 radical (unpaired) electrons. The van der Waals surface area contributed by atoms with E-state index >= 15 is 0 Å². The Kier molecular flexibility index (Phi) is 4.66. The Morgan fingerprint density at radius 2 is 2.17 bits per heavy atom. The maximum Gasteiger partial charge on any atom is 0.184 e. The molecule has 23 heavy (non-hydrogen) atoms. The zero-order valence-corrected chi connectivity index (χ0v) is 13.1. The number of aryl methyl sites for hydroxylation is 2. The number of carbonyl (C=O) groups is 1. The summed E-state index contributed by atoms with van der Waals surface area (Å²) >= 11 is 0. The summed E-state index contributed by atoms with van der Waals surface area (Å²) in [6.45, 7) is 2.90. The third kappa shape index (κ3) is 3.94. The minimum absolute atomic E-state index is 0.0262. The van der Waals surface area contributed by atoms with Gasteiger partial charge in [-0.2, -0.15) is 0 Å². The molecule has 2 heterocycles. The van der Waals surface area contributed by atoms with Crippen LogP contribution in [0.15, 0.2) is 53.6 Å². The molecule has 0 aliphatic carbocycles. The summed E-state index contributed by atoms with van der Waals surface area (Å²) in [5, 5.41) is 3.91. The highest BCUT2D eigenvalue weighted by Gasteiger charge is 2.13. The summed E-state index contributed by atoms with van der Waals surface area (Å²) in [5.74, 6) is 0.661. The number of Topliss-reactive ketones (excluding diaryl/α,β-unsaturated/α-hetero) is 1. The number of benzene rings is 1. The molecule has 3 aromatic rings. The lowest BCUT2D eigenvalue weighted by Gasteiger charge is -2.00. The van der Waals surface area contributed by atoms with Gasteiger partial charge in [0.15, 0.2) is 11.5 Å². The van der Waals surface area contributed by atoms with Crippen molar-refractivity contribution in [1.82, 2.24) is 14.7 Å². The summed E-state index contributed by atoms with van der Waals surface area (Å²) in [5.41, 5.74) is 2.49. The summed E-state index contributed by atoms with van der Waals surface area (Å²) in [7, 11) is 0. The van der Waals surface area contributed by atoms with Gasteiger partial charge in [-0.1, -0.05) is 28.9 Å². The first kappa shape index (κ1) is 15.2. The average molecular weight is 309 g/mol. The molecule has 3 rings (SSSR count). The molecular weight excluding hydrogens is 290 g/mol. The lowest BCUT2D eigenvalue weighted by Crippen LogP contribution is -2.01. The Morgan fingerprint density at radius 3 is 2.96 bits per heavy atom. The molecule has 5 heteroatoms. The van der Waals surface area contributed by atoms with Crippen LogP contribution >= 0.6 is 0 Å². The minimum atomic E-state index is 0.0262. The van der Waals surface area contributed by atoms with Crippen LogP contribution in [-0.2, 0) is 6.54 Å². The van der Waals surface area contributed by atoms with Gasteiger partial charge in [-0.05, 0) is 25.8 Å². The number of hydrogen-bond acceptors (Lipinski definition) is 4. The highest BCUT2D eigenvalue weighted by atomic mass is 16.5. The number of hydrogen-bond donors (Lipinski definition) is 0. The molecule has 0 amide bonds. The first-order valence-corrected chi connectivity index (χ1v) is 7.75. The van der Waals surface area contributed by atoms with Crippen molar-refractivity contribution in [2.45, 2.75) is 32.7 Å². The molecule has 0 spiro atoms. The molecule has 0 bridgehead atoms. The highest BCUT2D eigenvalue weighted by Crippen LogP contribution is 2.22. The third-order valence-electron chi connectivity index (χ3n) is 3.73. The van der Waals surface area contributed by atoms with E-state index in [0.717, 1.165) is 30.5 Å². The van der Waals surface area contributed by atoms with Crippen LogP contribution in [0.25, 0.3) is 11.3 Å². The van der Waals surface area contributed by atoms with Crippen LogP contribution in [0.4, 0.5) is 0 Å². The van der Waals surface area contributed by atoms with Crippen molar-refractivity contribution in [1.29, 1.82) is 0 Å². The molecule has 1 aromatic carbocycles. The van der Waals surface area contributed by atoms with Crippen LogP contribution in [0, 0.1) is 6.92 Å². The fourth-order valence-corrected chi connectivity index (χ4v) is 2.47. The Morgan fingerprint density at radius 1 is 1.26 bits per heavy atom. The van der Waals surface area contributed by atoms with E-state index in [4.69, 9.17) is 4.52 Å². The second-order valence-electron chi connectivity index (χ2n) is 5.63. The van der Waals surface area contributed by atoms with Gasteiger partial charge >= 0.3 is 0 Å². The van der Waals surface area contributed by atoms with E-state index in [1.54, 1.807) is 18.6 Å². The Bertz CT molecular complexity index is 775. The van der Waals surface area contributed by atoms with Crippen LogP contribution in [0.5, 0.6) is 0 Å². The average Bonchev–Trinajstić information content (AvgIpc) is 3.23. The third-order valence-corrected chi connectivity index (χ3v) is 3.73. The number of aromatic nitrogens is 3. The quantitative estimate of drug-likeness (QED) is 0.490. The van der Waals surface area contributed by atoms with Crippen molar-refractivity contribution >= 4 is 5.78 Å². The lowest BCUT2D eigenvalue weighted by molar-refractivity contribution is 0.0970. The zero-order chi connectivity index (χ0) is 16.1. The predicted molar refractivity (Wildman–Crippen MR) is 87.1 cm³/mol. The van der Waals surface area contributed by atoms with E-state index in [9.17, 15) is 4.79 Å². The van der Waals surface area contributed by atoms with Crippen LogP contribution < -0.4 is 0 Å². The standard InChI is InChI=1S/C18H19N3O2/c1-14-5-4-6-15(11-14)18-12-16(20-23-18)17(22)7-2-3-9-21-10-8-19-13-21/h4-6,8,10-13H,2-3,7,9H2,1H3. The number of carbonyl (C=O) groups excluding carboxylic acids is 1. The molecule has 5 nitrogen and oxygen atoms in total. The van der Waals surface area contributed by atoms with E-state index in [2.05, 4.69) is 10.1 Å². The van der Waals surface area contributed by atoms with Gasteiger partial charge in [0.25, 0.3) is 0 Å². The van der Waals surface area contributed by atoms with Gasteiger partial charge in [0.1, 0.15) is 5.69 Å². The monoisotopic (exact) mass is 309 g/mol. The molecule has 0 aliphatic rings. The fraction of sp³-hybridized carbons (Fsp3) is 0.278. The van der Waals surface area contributed by atoms with Gasteiger partial charge in [0.05, 0.1) is 6.33 Å². The Balaban J connectivity index is 1.54. The molecule has 0 saturated carbocycles. The van der Waals surface area contributed by atoms with Crippen molar-refractivity contribution in [2.24, 2.45) is 0 Å². The second kappa shape index (κ2) is 7.05. The van der Waals surface area contributed by atoms with Crippen molar-refractivity contribution in [3.8, 4) is 11.3 Å². The number of nitrogens with zero attached hydrogens (tertiary/aromatic N) is 3. The highest BCUT2D eigenvalue weighted by molar-refractivity contribution is 5.94. The fourth-order valence-electron chi connectivity index (χ4n) is 2.47. The van der Waals surface area contributed by atoms with E-state index in [0.29, 0.717) is 17.9 Å². The molecule has 0 N–H and O–H groups in total. The maximum absolute atomic E-state index is 12.2. The number of unbranched alkanes of at least 4 members (excludes halogenated alkanes) is 1. The lowest BCUT2D eigenvalue weighted by atomic mass is 10.1. The number of imidazole rings is 1. The molecular formula is C18H19N3O2. The van der Waals surface area contributed by atoms with Gasteiger partial charge in [-0.15, -0.1) is 0 Å². The summed E-state index contributed by atoms with van der Waals surface area (Å²) in [6.07, 6.45) is 7.71. The van der Waals surface area contributed by atoms with Gasteiger partial charge in [0.2, 0.25) is 0 Å². The molecule has 0 fully saturated rings. The molecule has 2 aromatic heterocycles. The van der Waals surface area contributed by atoms with Crippen LogP contribution in [0.3, 0.4) is 0 Å². The number of rotatable bonds is 7. The predicted octanol–water partition coefficient (Wildman–Crippen LogP) is 3.90. The first-order valence-electron chi connectivity index (χ1n) is 7.75. The topological polar surface area (TPSA) is 60.9 Å². The zero-order valence-electron chi connectivity index (χ0n) is 13.1. The Labute approximate surface area is 135 Å². The molecule has 0 unspecified atom stereocenters. The summed E-state index contributed by atoms with van der Waals surface area (Å²) in [4.78, 5) is 16.2.